The van der Waals surface area contributed by atoms with E-state index >= 15 is 0 Å². The van der Waals surface area contributed by atoms with E-state index in [0.29, 0.717) is 37.5 Å². The van der Waals surface area contributed by atoms with Crippen LogP contribution >= 0.6 is 0 Å². The van der Waals surface area contributed by atoms with Gasteiger partial charge in [-0.25, -0.2) is 12.8 Å². The number of nitrogens with one attached hydrogen (secondary N) is 1. The highest BCUT2D eigenvalue weighted by Crippen LogP contribution is 2.23. The molecule has 0 aromatic heterocycles. The van der Waals surface area contributed by atoms with E-state index in [9.17, 15) is 18.0 Å². The summed E-state index contributed by atoms with van der Waals surface area (Å²) in [5.74, 6) is 0.0147. The molecule has 152 valence electrons. The third-order valence-corrected chi connectivity index (χ3v) is 6.76. The average Bonchev–Trinajstić information content (AvgIpc) is 2.72. The van der Waals surface area contributed by atoms with E-state index in [4.69, 9.17) is 4.74 Å². The van der Waals surface area contributed by atoms with Crippen LogP contribution in [0.1, 0.15) is 11.6 Å². The van der Waals surface area contributed by atoms with E-state index in [1.807, 2.05) is 4.90 Å². The minimum atomic E-state index is -3.59. The van der Waals surface area contributed by atoms with Gasteiger partial charge in [-0.05, 0) is 42.0 Å². The summed E-state index contributed by atoms with van der Waals surface area (Å²) in [6.07, 6.45) is 0. The van der Waals surface area contributed by atoms with Gasteiger partial charge >= 0.3 is 0 Å². The smallest absolute Gasteiger partial charge is 0.216 e. The molecule has 0 saturated carbocycles. The zero-order valence-electron chi connectivity index (χ0n) is 15.6. The molecule has 0 aliphatic carbocycles. The summed E-state index contributed by atoms with van der Waals surface area (Å²) in [5, 5.41) is 9.51. The van der Waals surface area contributed by atoms with Crippen LogP contribution in [0, 0.1) is 5.82 Å². The lowest BCUT2D eigenvalue weighted by Gasteiger charge is -2.36. The largest absolute Gasteiger partial charge is 0.497 e. The molecule has 2 aromatic rings. The van der Waals surface area contributed by atoms with Crippen molar-refractivity contribution in [3.63, 3.8) is 0 Å². The summed E-state index contributed by atoms with van der Waals surface area (Å²) in [4.78, 5) is 2.02. The van der Waals surface area contributed by atoms with Gasteiger partial charge in [-0.2, -0.15) is 9.79 Å². The molecule has 0 spiro atoms. The van der Waals surface area contributed by atoms with Crippen molar-refractivity contribution in [2.24, 2.45) is 0 Å². The van der Waals surface area contributed by atoms with Gasteiger partial charge in [0, 0.05) is 31.9 Å². The van der Waals surface area contributed by atoms with Gasteiger partial charge in [0.15, 0.2) is 0 Å². The Morgan fingerprint density at radius 2 is 1.82 bits per heavy atom. The minimum absolute atomic E-state index is 0.271. The molecular formula is C19H24FN3O4S. The molecule has 2 aromatic carbocycles. The van der Waals surface area contributed by atoms with E-state index in [1.165, 1.54) is 23.5 Å². The number of benzene rings is 2. The van der Waals surface area contributed by atoms with E-state index in [1.54, 1.807) is 36.4 Å². The molecule has 1 unspecified atom stereocenters. The lowest BCUT2D eigenvalue weighted by atomic mass is 10.1. The maximum atomic E-state index is 13.1. The van der Waals surface area contributed by atoms with Crippen LogP contribution in [-0.2, 0) is 10.0 Å². The number of hydrogen-bond acceptors (Lipinski definition) is 6. The van der Waals surface area contributed by atoms with E-state index in [2.05, 4.69) is 5.48 Å². The van der Waals surface area contributed by atoms with Crippen molar-refractivity contribution in [2.75, 3.05) is 43.9 Å². The second-order valence-electron chi connectivity index (χ2n) is 6.60. The highest BCUT2D eigenvalue weighted by molar-refractivity contribution is 7.89. The van der Waals surface area contributed by atoms with Gasteiger partial charge in [0.2, 0.25) is 10.0 Å². The molecule has 28 heavy (non-hydrogen) atoms. The summed E-state index contributed by atoms with van der Waals surface area (Å²) < 4.78 is 45.4. The molecule has 1 saturated heterocycles. The first kappa shape index (κ1) is 20.5. The van der Waals surface area contributed by atoms with Crippen molar-refractivity contribution >= 4 is 15.7 Å². The molecular weight excluding hydrogens is 385 g/mol. The SMILES string of the molecule is COc1cccc(C(CS(=O)(=O)N2CCN(c3ccc(F)cc3)CC2)NO)c1. The Labute approximate surface area is 164 Å². The van der Waals surface area contributed by atoms with Crippen molar-refractivity contribution in [3.05, 3.63) is 59.9 Å². The number of anilines is 1. The molecule has 1 fully saturated rings. The molecule has 1 atom stereocenters. The molecule has 7 nitrogen and oxygen atoms in total. The maximum Gasteiger partial charge on any atom is 0.216 e. The first-order valence-electron chi connectivity index (χ1n) is 8.95. The molecule has 1 aliphatic heterocycles. The topological polar surface area (TPSA) is 82.1 Å². The van der Waals surface area contributed by atoms with E-state index < -0.39 is 16.1 Å². The van der Waals surface area contributed by atoms with Crippen LogP contribution in [-0.4, -0.2) is 57.0 Å². The van der Waals surface area contributed by atoms with Crippen LogP contribution in [0.15, 0.2) is 48.5 Å². The van der Waals surface area contributed by atoms with Gasteiger partial charge < -0.3 is 14.8 Å². The van der Waals surface area contributed by atoms with Gasteiger partial charge in [-0.3, -0.25) is 0 Å². The van der Waals surface area contributed by atoms with Crippen LogP contribution in [0.4, 0.5) is 10.1 Å². The minimum Gasteiger partial charge on any atom is -0.497 e. The Morgan fingerprint density at radius 1 is 1.14 bits per heavy atom. The standard InChI is InChI=1S/C19H24FN3O4S/c1-27-18-4-2-3-15(13-18)19(21-24)14-28(25,26)23-11-9-22(10-12-23)17-7-5-16(20)6-8-17/h2-8,13,19,21,24H,9-12,14H2,1H3. The van der Waals surface area contributed by atoms with Crippen molar-refractivity contribution in [2.45, 2.75) is 6.04 Å². The number of rotatable bonds is 7. The highest BCUT2D eigenvalue weighted by Gasteiger charge is 2.30. The lowest BCUT2D eigenvalue weighted by Crippen LogP contribution is -2.50. The Morgan fingerprint density at radius 3 is 2.43 bits per heavy atom. The Balaban J connectivity index is 1.65. The summed E-state index contributed by atoms with van der Waals surface area (Å²) in [5.41, 5.74) is 3.58. The van der Waals surface area contributed by atoms with Gasteiger partial charge in [0.05, 0.1) is 18.9 Å². The second kappa shape index (κ2) is 8.87. The second-order valence-corrected chi connectivity index (χ2v) is 8.61. The van der Waals surface area contributed by atoms with Crippen molar-refractivity contribution in [1.29, 1.82) is 0 Å². The first-order chi connectivity index (χ1) is 13.4. The van der Waals surface area contributed by atoms with Gasteiger partial charge in [-0.1, -0.05) is 12.1 Å². The molecule has 0 amide bonds. The maximum absolute atomic E-state index is 13.1. The number of methoxy groups -OCH3 is 1. The first-order valence-corrected chi connectivity index (χ1v) is 10.6. The van der Waals surface area contributed by atoms with Crippen LogP contribution in [0.25, 0.3) is 0 Å². The Kier molecular flexibility index (Phi) is 6.50. The Bertz CT molecular complexity index is 884. The normalized spacial score (nSPS) is 16.8. The number of sulfonamides is 1. The van der Waals surface area contributed by atoms with Crippen LogP contribution in [0.5, 0.6) is 5.75 Å². The predicted octanol–water partition coefficient (Wildman–Crippen LogP) is 2.01. The van der Waals surface area contributed by atoms with Crippen molar-refractivity contribution < 1.29 is 22.8 Å². The van der Waals surface area contributed by atoms with Gasteiger partial charge in [0.25, 0.3) is 0 Å². The number of nitrogens with zero attached hydrogens (tertiary/aromatic N) is 2. The molecule has 0 bridgehead atoms. The summed E-state index contributed by atoms with van der Waals surface area (Å²) in [6, 6.07) is 12.3. The third-order valence-electron chi connectivity index (χ3n) is 4.85. The zero-order valence-corrected chi connectivity index (χ0v) is 16.4. The van der Waals surface area contributed by atoms with Crippen molar-refractivity contribution in [1.82, 2.24) is 9.79 Å². The summed E-state index contributed by atoms with van der Waals surface area (Å²) >= 11 is 0. The monoisotopic (exact) mass is 409 g/mol. The molecule has 0 radical (unpaired) electrons. The molecule has 1 aliphatic rings. The fourth-order valence-corrected chi connectivity index (χ4v) is 4.88. The quantitative estimate of drug-likeness (QED) is 0.681. The van der Waals surface area contributed by atoms with Crippen LogP contribution in [0.2, 0.25) is 0 Å². The number of piperazine rings is 1. The number of hydroxylamine groups is 1. The molecule has 9 heteroatoms. The van der Waals surface area contributed by atoms with Gasteiger partial charge in [-0.15, -0.1) is 0 Å². The van der Waals surface area contributed by atoms with Crippen LogP contribution < -0.4 is 15.1 Å². The fourth-order valence-electron chi connectivity index (χ4n) is 3.26. The lowest BCUT2D eigenvalue weighted by molar-refractivity contribution is 0.133. The molecule has 1 heterocycles. The highest BCUT2D eigenvalue weighted by atomic mass is 32.2. The average molecular weight is 409 g/mol. The fraction of sp³-hybridized carbons (Fsp3) is 0.368. The zero-order chi connectivity index (χ0) is 20.1. The number of hydrogen-bond donors (Lipinski definition) is 2. The molecule has 3 rings (SSSR count). The van der Waals surface area contributed by atoms with Crippen molar-refractivity contribution in [3.8, 4) is 5.75 Å². The van der Waals surface area contributed by atoms with E-state index in [-0.39, 0.29) is 11.6 Å². The van der Waals surface area contributed by atoms with Crippen LogP contribution in [0.3, 0.4) is 0 Å². The Hall–Kier alpha value is -2.20. The summed E-state index contributed by atoms with van der Waals surface area (Å²) in [7, 11) is -2.07. The summed E-state index contributed by atoms with van der Waals surface area (Å²) in [6.45, 7) is 1.69. The number of halogens is 1. The molecule has 2 N–H and O–H groups in total. The third kappa shape index (κ3) is 4.79. The van der Waals surface area contributed by atoms with Gasteiger partial charge in [0.1, 0.15) is 11.6 Å². The van der Waals surface area contributed by atoms with E-state index in [0.717, 1.165) is 5.69 Å². The number of ether oxygens (including phenoxy) is 1. The predicted molar refractivity (Wildman–Crippen MR) is 105 cm³/mol.